The summed E-state index contributed by atoms with van der Waals surface area (Å²) in [6, 6.07) is 2.59. The molecule has 2 fully saturated rings. The number of aromatic hydroxyl groups is 2. The standard InChI is InChI=1S/C19H25ClN2O4/c1-12(2)17(25)21-6-3-19(4-7-21)5-8-22(11-19)18(26)14-9-13(20)10-15(23)16(14)24/h9-10,12,23-24H,3-8,11H2,1-2H3. The number of carbonyl (C=O) groups is 2. The molecule has 7 heteroatoms. The Hall–Kier alpha value is -1.95. The number of hydrogen-bond acceptors (Lipinski definition) is 4. The highest BCUT2D eigenvalue weighted by Crippen LogP contribution is 2.42. The SMILES string of the molecule is CC(C)C(=O)N1CCC2(CCN(C(=O)c3cc(Cl)cc(O)c3O)C2)CC1. The highest BCUT2D eigenvalue weighted by atomic mass is 35.5. The number of phenolic OH excluding ortho intramolecular Hbond substituents is 2. The average Bonchev–Trinajstić information content (AvgIpc) is 3.01. The molecule has 142 valence electrons. The Labute approximate surface area is 158 Å². The highest BCUT2D eigenvalue weighted by Gasteiger charge is 2.43. The summed E-state index contributed by atoms with van der Waals surface area (Å²) in [6.07, 6.45) is 2.64. The topological polar surface area (TPSA) is 81.1 Å². The van der Waals surface area contributed by atoms with Gasteiger partial charge in [0.1, 0.15) is 0 Å². The lowest BCUT2D eigenvalue weighted by atomic mass is 9.77. The molecule has 26 heavy (non-hydrogen) atoms. The maximum Gasteiger partial charge on any atom is 0.257 e. The van der Waals surface area contributed by atoms with Gasteiger partial charge < -0.3 is 20.0 Å². The number of nitrogens with zero attached hydrogens (tertiary/aromatic N) is 2. The Morgan fingerprint density at radius 3 is 2.23 bits per heavy atom. The third kappa shape index (κ3) is 3.47. The molecule has 2 N–H and O–H groups in total. The van der Waals surface area contributed by atoms with E-state index in [4.69, 9.17) is 11.6 Å². The zero-order chi connectivity index (χ0) is 19.1. The lowest BCUT2D eigenvalue weighted by Crippen LogP contribution is -2.45. The number of rotatable bonds is 2. The maximum atomic E-state index is 12.8. The molecule has 6 nitrogen and oxygen atoms in total. The number of piperidine rings is 1. The lowest BCUT2D eigenvalue weighted by Gasteiger charge is -2.39. The van der Waals surface area contributed by atoms with E-state index in [2.05, 4.69) is 0 Å². The molecule has 2 saturated heterocycles. The van der Waals surface area contributed by atoms with E-state index in [1.807, 2.05) is 18.7 Å². The molecular weight excluding hydrogens is 356 g/mol. The lowest BCUT2D eigenvalue weighted by molar-refractivity contribution is -0.136. The molecule has 2 amide bonds. The average molecular weight is 381 g/mol. The zero-order valence-electron chi connectivity index (χ0n) is 15.2. The van der Waals surface area contributed by atoms with Crippen LogP contribution in [0.1, 0.15) is 43.5 Å². The van der Waals surface area contributed by atoms with E-state index >= 15 is 0 Å². The molecule has 2 aliphatic rings. The highest BCUT2D eigenvalue weighted by molar-refractivity contribution is 6.31. The first kappa shape index (κ1) is 18.8. The predicted octanol–water partition coefficient (Wildman–Crippen LogP) is 2.86. The first-order valence-corrected chi connectivity index (χ1v) is 9.40. The molecule has 0 aliphatic carbocycles. The molecule has 3 rings (SSSR count). The van der Waals surface area contributed by atoms with Crippen molar-refractivity contribution in [3.8, 4) is 11.5 Å². The number of benzene rings is 1. The molecule has 1 aromatic carbocycles. The van der Waals surface area contributed by atoms with Gasteiger partial charge in [-0.05, 0) is 30.7 Å². The summed E-state index contributed by atoms with van der Waals surface area (Å²) in [7, 11) is 0. The monoisotopic (exact) mass is 380 g/mol. The number of hydrogen-bond donors (Lipinski definition) is 2. The summed E-state index contributed by atoms with van der Waals surface area (Å²) in [5.74, 6) is -0.958. The predicted molar refractivity (Wildman–Crippen MR) is 98.4 cm³/mol. The first-order chi connectivity index (χ1) is 12.2. The van der Waals surface area contributed by atoms with Gasteiger partial charge in [-0.2, -0.15) is 0 Å². The van der Waals surface area contributed by atoms with Crippen LogP contribution in [0.25, 0.3) is 0 Å². The van der Waals surface area contributed by atoms with E-state index in [0.717, 1.165) is 32.4 Å². The van der Waals surface area contributed by atoms with E-state index < -0.39 is 11.5 Å². The van der Waals surface area contributed by atoms with Crippen LogP contribution in [-0.4, -0.2) is 58.0 Å². The van der Waals surface area contributed by atoms with Gasteiger partial charge in [-0.1, -0.05) is 25.4 Å². The molecule has 0 bridgehead atoms. The van der Waals surface area contributed by atoms with E-state index in [9.17, 15) is 19.8 Å². The smallest absolute Gasteiger partial charge is 0.257 e. The van der Waals surface area contributed by atoms with Crippen molar-refractivity contribution in [3.63, 3.8) is 0 Å². The van der Waals surface area contributed by atoms with Gasteiger partial charge in [-0.3, -0.25) is 9.59 Å². The summed E-state index contributed by atoms with van der Waals surface area (Å²) >= 11 is 5.91. The van der Waals surface area contributed by atoms with Crippen molar-refractivity contribution in [3.05, 3.63) is 22.7 Å². The number of carbonyl (C=O) groups excluding carboxylic acids is 2. The third-order valence-electron chi connectivity index (χ3n) is 5.64. The fraction of sp³-hybridized carbons (Fsp3) is 0.579. The Bertz CT molecular complexity index is 726. The van der Waals surface area contributed by atoms with Crippen LogP contribution in [0, 0.1) is 11.3 Å². The van der Waals surface area contributed by atoms with Crippen LogP contribution in [0.5, 0.6) is 11.5 Å². The molecular formula is C19H25ClN2O4. The fourth-order valence-corrected chi connectivity index (χ4v) is 4.21. The Morgan fingerprint density at radius 2 is 1.65 bits per heavy atom. The molecule has 2 heterocycles. The van der Waals surface area contributed by atoms with Gasteiger partial charge in [-0.25, -0.2) is 0 Å². The summed E-state index contributed by atoms with van der Waals surface area (Å²) in [5.41, 5.74) is 0.0547. The van der Waals surface area contributed by atoms with E-state index in [0.29, 0.717) is 13.1 Å². The van der Waals surface area contributed by atoms with Crippen molar-refractivity contribution in [2.45, 2.75) is 33.1 Å². The second-order valence-electron chi connectivity index (χ2n) is 7.78. The van der Waals surface area contributed by atoms with E-state index in [1.165, 1.54) is 12.1 Å². The van der Waals surface area contributed by atoms with Crippen LogP contribution in [0.2, 0.25) is 5.02 Å². The maximum absolute atomic E-state index is 12.8. The largest absolute Gasteiger partial charge is 0.504 e. The van der Waals surface area contributed by atoms with Gasteiger partial charge >= 0.3 is 0 Å². The van der Waals surface area contributed by atoms with Crippen molar-refractivity contribution in [1.29, 1.82) is 0 Å². The summed E-state index contributed by atoms with van der Waals surface area (Å²) in [4.78, 5) is 28.6. The molecule has 0 atom stereocenters. The Balaban J connectivity index is 1.68. The molecule has 0 radical (unpaired) electrons. The molecule has 0 aromatic heterocycles. The number of phenols is 2. The molecule has 0 unspecified atom stereocenters. The van der Waals surface area contributed by atoms with Crippen LogP contribution >= 0.6 is 11.6 Å². The van der Waals surface area contributed by atoms with Crippen LogP contribution < -0.4 is 0 Å². The second kappa shape index (κ2) is 6.99. The molecule has 1 aromatic rings. The summed E-state index contributed by atoms with van der Waals surface area (Å²) < 4.78 is 0. The van der Waals surface area contributed by atoms with Gasteiger partial charge in [-0.15, -0.1) is 0 Å². The van der Waals surface area contributed by atoms with E-state index in [-0.39, 0.29) is 33.7 Å². The van der Waals surface area contributed by atoms with Crippen LogP contribution in [0.4, 0.5) is 0 Å². The van der Waals surface area contributed by atoms with Gasteiger partial charge in [0.25, 0.3) is 5.91 Å². The van der Waals surface area contributed by atoms with Crippen molar-refractivity contribution >= 4 is 23.4 Å². The van der Waals surface area contributed by atoms with Crippen LogP contribution in [0.3, 0.4) is 0 Å². The van der Waals surface area contributed by atoms with Crippen molar-refractivity contribution < 1.29 is 19.8 Å². The molecule has 1 spiro atoms. The van der Waals surface area contributed by atoms with Gasteiger partial charge in [0.2, 0.25) is 5.91 Å². The van der Waals surface area contributed by atoms with Crippen molar-refractivity contribution in [1.82, 2.24) is 9.80 Å². The zero-order valence-corrected chi connectivity index (χ0v) is 15.9. The Kier molecular flexibility index (Phi) is 5.06. The minimum atomic E-state index is -0.433. The quantitative estimate of drug-likeness (QED) is 0.773. The van der Waals surface area contributed by atoms with Crippen LogP contribution in [-0.2, 0) is 4.79 Å². The van der Waals surface area contributed by atoms with Gasteiger partial charge in [0.15, 0.2) is 11.5 Å². The van der Waals surface area contributed by atoms with E-state index in [1.54, 1.807) is 4.90 Å². The first-order valence-electron chi connectivity index (χ1n) is 9.02. The fourth-order valence-electron chi connectivity index (χ4n) is 4.00. The number of likely N-dealkylation sites (tertiary alicyclic amines) is 2. The number of amides is 2. The third-order valence-corrected chi connectivity index (χ3v) is 5.86. The minimum Gasteiger partial charge on any atom is -0.504 e. The van der Waals surface area contributed by atoms with Gasteiger partial charge in [0.05, 0.1) is 5.56 Å². The summed E-state index contributed by atoms with van der Waals surface area (Å²) in [6.45, 7) is 6.47. The summed E-state index contributed by atoms with van der Waals surface area (Å²) in [5, 5.41) is 19.9. The van der Waals surface area contributed by atoms with Crippen molar-refractivity contribution in [2.75, 3.05) is 26.2 Å². The molecule has 2 aliphatic heterocycles. The van der Waals surface area contributed by atoms with Crippen molar-refractivity contribution in [2.24, 2.45) is 11.3 Å². The second-order valence-corrected chi connectivity index (χ2v) is 8.21. The normalized spacial score (nSPS) is 19.4. The Morgan fingerprint density at radius 1 is 1.08 bits per heavy atom. The van der Waals surface area contributed by atoms with Gasteiger partial charge in [0, 0.05) is 43.2 Å². The molecule has 0 saturated carbocycles. The minimum absolute atomic E-state index is 0.00388. The van der Waals surface area contributed by atoms with Crippen LogP contribution in [0.15, 0.2) is 12.1 Å². The number of halogens is 1.